The molecule has 1 aliphatic rings. The first-order chi connectivity index (χ1) is 12.7. The SMILES string of the molecule is Cc1ccc([C@@H](NS(=O)(=O)c2ccc(C)cc2)[C@@H]2OC(=O)C(Br)=C2Br)cc1. The number of rotatable bonds is 5. The van der Waals surface area contributed by atoms with Crippen LogP contribution in [-0.2, 0) is 19.6 Å². The number of hydrogen-bond acceptors (Lipinski definition) is 4. The van der Waals surface area contributed by atoms with E-state index in [1.54, 1.807) is 24.3 Å². The third-order valence-electron chi connectivity index (χ3n) is 4.23. The van der Waals surface area contributed by atoms with Gasteiger partial charge in [-0.1, -0.05) is 47.5 Å². The van der Waals surface area contributed by atoms with Gasteiger partial charge in [-0.15, -0.1) is 0 Å². The van der Waals surface area contributed by atoms with Gasteiger partial charge in [0.25, 0.3) is 0 Å². The van der Waals surface area contributed by atoms with Crippen molar-refractivity contribution in [3.05, 3.63) is 74.2 Å². The number of carbonyl (C=O) groups excluding carboxylic acids is 1. The van der Waals surface area contributed by atoms with Crippen molar-refractivity contribution in [1.82, 2.24) is 4.72 Å². The van der Waals surface area contributed by atoms with Crippen molar-refractivity contribution in [2.45, 2.75) is 30.9 Å². The monoisotopic (exact) mass is 513 g/mol. The lowest BCUT2D eigenvalue weighted by Crippen LogP contribution is -2.37. The molecule has 142 valence electrons. The molecule has 0 unspecified atom stereocenters. The van der Waals surface area contributed by atoms with Gasteiger partial charge in [-0.2, -0.15) is 4.72 Å². The van der Waals surface area contributed by atoms with Gasteiger partial charge in [0, 0.05) is 0 Å². The quantitative estimate of drug-likeness (QED) is 0.605. The van der Waals surface area contributed by atoms with E-state index in [4.69, 9.17) is 4.74 Å². The number of halogens is 2. The Kier molecular flexibility index (Phi) is 5.90. The van der Waals surface area contributed by atoms with Gasteiger partial charge >= 0.3 is 5.97 Å². The predicted molar refractivity (Wildman–Crippen MR) is 110 cm³/mol. The molecule has 3 rings (SSSR count). The molecule has 8 heteroatoms. The molecule has 1 heterocycles. The summed E-state index contributed by atoms with van der Waals surface area (Å²) < 4.78 is 34.7. The number of benzene rings is 2. The first-order valence-electron chi connectivity index (χ1n) is 8.11. The highest BCUT2D eigenvalue weighted by molar-refractivity contribution is 9.14. The number of aryl methyl sites for hydroxylation is 2. The fraction of sp³-hybridized carbons (Fsp3) is 0.211. The molecule has 5 nitrogen and oxygen atoms in total. The van der Waals surface area contributed by atoms with E-state index in [2.05, 4.69) is 36.6 Å². The minimum Gasteiger partial charge on any atom is -0.451 e. The predicted octanol–water partition coefficient (Wildman–Crippen LogP) is 4.25. The fourth-order valence-electron chi connectivity index (χ4n) is 2.69. The largest absolute Gasteiger partial charge is 0.451 e. The molecule has 0 radical (unpaired) electrons. The summed E-state index contributed by atoms with van der Waals surface area (Å²) in [6, 6.07) is 13.2. The average molecular weight is 515 g/mol. The van der Waals surface area contributed by atoms with Crippen LogP contribution < -0.4 is 4.72 Å². The van der Waals surface area contributed by atoms with E-state index in [0.717, 1.165) is 11.1 Å². The van der Waals surface area contributed by atoms with Gasteiger partial charge in [0.15, 0.2) is 6.10 Å². The Morgan fingerprint density at radius 3 is 1.96 bits per heavy atom. The molecule has 2 aromatic carbocycles. The van der Waals surface area contributed by atoms with Crippen LogP contribution in [0.3, 0.4) is 0 Å². The Balaban J connectivity index is 2.01. The van der Waals surface area contributed by atoms with E-state index in [1.807, 2.05) is 38.1 Å². The number of sulfonamides is 1. The Morgan fingerprint density at radius 1 is 0.963 bits per heavy atom. The third-order valence-corrected chi connectivity index (χ3v) is 7.81. The Labute approximate surface area is 175 Å². The smallest absolute Gasteiger partial charge is 0.346 e. The van der Waals surface area contributed by atoms with Gasteiger partial charge in [-0.3, -0.25) is 0 Å². The Hall–Kier alpha value is -1.48. The van der Waals surface area contributed by atoms with Crippen molar-refractivity contribution in [1.29, 1.82) is 0 Å². The molecule has 0 saturated heterocycles. The zero-order valence-electron chi connectivity index (χ0n) is 14.6. The van der Waals surface area contributed by atoms with Gasteiger partial charge in [-0.05, 0) is 63.4 Å². The van der Waals surface area contributed by atoms with Crippen LogP contribution in [0.15, 0.2) is 62.4 Å². The van der Waals surface area contributed by atoms with Crippen molar-refractivity contribution in [2.24, 2.45) is 0 Å². The lowest BCUT2D eigenvalue weighted by Gasteiger charge is -2.25. The third kappa shape index (κ3) is 4.34. The zero-order chi connectivity index (χ0) is 19.8. The van der Waals surface area contributed by atoms with Crippen molar-refractivity contribution in [2.75, 3.05) is 0 Å². The van der Waals surface area contributed by atoms with E-state index in [-0.39, 0.29) is 9.38 Å². The van der Waals surface area contributed by atoms with Crippen molar-refractivity contribution < 1.29 is 17.9 Å². The van der Waals surface area contributed by atoms with Crippen molar-refractivity contribution in [3.63, 3.8) is 0 Å². The van der Waals surface area contributed by atoms with Crippen LogP contribution >= 0.6 is 31.9 Å². The van der Waals surface area contributed by atoms with E-state index < -0.39 is 28.1 Å². The van der Waals surface area contributed by atoms with Crippen LogP contribution in [0.25, 0.3) is 0 Å². The average Bonchev–Trinajstić information content (AvgIpc) is 2.88. The fourth-order valence-corrected chi connectivity index (χ4v) is 4.75. The van der Waals surface area contributed by atoms with Gasteiger partial charge in [0.2, 0.25) is 10.0 Å². The minimum atomic E-state index is -3.83. The first-order valence-corrected chi connectivity index (χ1v) is 11.2. The molecule has 0 fully saturated rings. The van der Waals surface area contributed by atoms with Gasteiger partial charge in [-0.25, -0.2) is 13.2 Å². The maximum Gasteiger partial charge on any atom is 0.346 e. The maximum atomic E-state index is 12.9. The summed E-state index contributed by atoms with van der Waals surface area (Å²) in [5.74, 6) is -0.543. The molecule has 0 aromatic heterocycles. The van der Waals surface area contributed by atoms with Crippen LogP contribution in [-0.4, -0.2) is 20.5 Å². The van der Waals surface area contributed by atoms with Gasteiger partial charge in [0.05, 0.1) is 15.4 Å². The highest BCUT2D eigenvalue weighted by Crippen LogP contribution is 2.38. The number of cyclic esters (lactones) is 1. The van der Waals surface area contributed by atoms with Gasteiger partial charge < -0.3 is 4.74 Å². The first kappa shape index (κ1) is 20.3. The molecule has 0 bridgehead atoms. The zero-order valence-corrected chi connectivity index (χ0v) is 18.6. The second kappa shape index (κ2) is 7.87. The highest BCUT2D eigenvalue weighted by atomic mass is 79.9. The summed E-state index contributed by atoms with van der Waals surface area (Å²) in [6.45, 7) is 3.83. The molecule has 0 amide bonds. The molecule has 27 heavy (non-hydrogen) atoms. The van der Waals surface area contributed by atoms with Gasteiger partial charge in [0.1, 0.15) is 4.48 Å². The Morgan fingerprint density at radius 2 is 1.48 bits per heavy atom. The summed E-state index contributed by atoms with van der Waals surface area (Å²) in [5.41, 5.74) is 2.69. The molecule has 2 atom stereocenters. The van der Waals surface area contributed by atoms with E-state index in [9.17, 15) is 13.2 Å². The number of esters is 1. The summed E-state index contributed by atoms with van der Waals surface area (Å²) >= 11 is 6.52. The second-order valence-corrected chi connectivity index (χ2v) is 9.67. The van der Waals surface area contributed by atoms with Crippen LogP contribution in [0.4, 0.5) is 0 Å². The highest BCUT2D eigenvalue weighted by Gasteiger charge is 2.40. The second-order valence-electron chi connectivity index (χ2n) is 6.31. The molecule has 1 aliphatic heterocycles. The summed E-state index contributed by atoms with van der Waals surface area (Å²) in [7, 11) is -3.83. The molecule has 2 aromatic rings. The van der Waals surface area contributed by atoms with Crippen LogP contribution in [0.1, 0.15) is 22.7 Å². The Bertz CT molecular complexity index is 999. The normalized spacial score (nSPS) is 18.5. The van der Waals surface area contributed by atoms with Crippen LogP contribution in [0.5, 0.6) is 0 Å². The molecule has 0 spiro atoms. The maximum absolute atomic E-state index is 12.9. The van der Waals surface area contributed by atoms with Crippen molar-refractivity contribution >= 4 is 47.9 Å². The number of ether oxygens (including phenoxy) is 1. The molecule has 1 N–H and O–H groups in total. The van der Waals surface area contributed by atoms with E-state index in [0.29, 0.717) is 10.0 Å². The van der Waals surface area contributed by atoms with E-state index in [1.165, 1.54) is 0 Å². The molecule has 0 saturated carbocycles. The number of nitrogens with one attached hydrogen (secondary N) is 1. The summed E-state index contributed by atoms with van der Waals surface area (Å²) in [5, 5.41) is 0. The van der Waals surface area contributed by atoms with Crippen LogP contribution in [0.2, 0.25) is 0 Å². The topological polar surface area (TPSA) is 72.5 Å². The number of hydrogen-bond donors (Lipinski definition) is 1. The summed E-state index contributed by atoms with van der Waals surface area (Å²) in [4.78, 5) is 12.1. The van der Waals surface area contributed by atoms with Crippen LogP contribution in [0, 0.1) is 13.8 Å². The number of carbonyl (C=O) groups is 1. The molecular formula is C19H17Br2NO4S. The summed E-state index contributed by atoms with van der Waals surface area (Å²) in [6.07, 6.45) is -0.810. The molecule has 0 aliphatic carbocycles. The lowest BCUT2D eigenvalue weighted by molar-refractivity contribution is -0.139. The molecular weight excluding hydrogens is 498 g/mol. The van der Waals surface area contributed by atoms with E-state index >= 15 is 0 Å². The van der Waals surface area contributed by atoms with Crippen molar-refractivity contribution in [3.8, 4) is 0 Å². The standard InChI is InChI=1S/C19H17Br2NO4S/c1-11-3-7-13(8-4-11)17(18-15(20)16(21)19(23)26-18)22-27(24,25)14-9-5-12(2)6-10-14/h3-10,17-18,22H,1-2H3/t17-,18-/m1/s1. The minimum absolute atomic E-state index is 0.147. The lowest BCUT2D eigenvalue weighted by atomic mass is 10.0.